The molecule has 116 valence electrons. The summed E-state index contributed by atoms with van der Waals surface area (Å²) in [6, 6.07) is 6.42. The number of ketones is 1. The highest BCUT2D eigenvalue weighted by atomic mass is 16.5. The number of aliphatic hydroxyl groups excluding tert-OH is 1. The minimum atomic E-state index is -0.261. The molecule has 0 radical (unpaired) electrons. The number of allylic oxidation sites excluding steroid dienone is 5. The van der Waals surface area contributed by atoms with Gasteiger partial charge in [-0.15, -0.1) is 0 Å². The Kier molecular flexibility index (Phi) is 5.42. The quantitative estimate of drug-likeness (QED) is 0.617. The molecule has 1 aliphatic rings. The van der Waals surface area contributed by atoms with E-state index >= 15 is 0 Å². The average Bonchev–Trinajstić information content (AvgIpc) is 2.52. The van der Waals surface area contributed by atoms with Gasteiger partial charge in [0.25, 0.3) is 0 Å². The van der Waals surface area contributed by atoms with E-state index in [0.29, 0.717) is 18.8 Å². The molecule has 0 saturated carbocycles. The molecular weight excluding hydrogens is 280 g/mol. The van der Waals surface area contributed by atoms with E-state index in [1.54, 1.807) is 30.4 Å². The Morgan fingerprint density at radius 3 is 2.82 bits per heavy atom. The Morgan fingerprint density at radius 1 is 1.36 bits per heavy atom. The van der Waals surface area contributed by atoms with Crippen molar-refractivity contribution in [2.75, 3.05) is 6.61 Å². The predicted octanol–water partition coefficient (Wildman–Crippen LogP) is 3.90. The zero-order valence-electron chi connectivity index (χ0n) is 12.5. The van der Waals surface area contributed by atoms with Crippen LogP contribution < -0.4 is 0 Å². The second kappa shape index (κ2) is 7.50. The molecule has 1 unspecified atom stereocenters. The number of phenolic OH excluding ortho intramolecular Hbond substituents is 1. The SMILES string of the molecule is CCCOC1=C(O)CC(/C=C/C(=O)c2ccccc2O)C=C1. The molecule has 2 rings (SSSR count). The highest BCUT2D eigenvalue weighted by Crippen LogP contribution is 2.24. The first-order valence-electron chi connectivity index (χ1n) is 7.35. The number of aliphatic hydroxyl groups is 1. The van der Waals surface area contributed by atoms with Crippen molar-refractivity contribution >= 4 is 5.78 Å². The molecule has 0 amide bonds. The molecule has 0 aliphatic heterocycles. The molecule has 1 aromatic carbocycles. The highest BCUT2D eigenvalue weighted by Gasteiger charge is 2.15. The van der Waals surface area contributed by atoms with E-state index in [1.807, 2.05) is 13.0 Å². The van der Waals surface area contributed by atoms with Crippen molar-refractivity contribution in [2.24, 2.45) is 5.92 Å². The number of hydrogen-bond donors (Lipinski definition) is 2. The fourth-order valence-electron chi connectivity index (χ4n) is 2.16. The minimum Gasteiger partial charge on any atom is -0.508 e. The summed E-state index contributed by atoms with van der Waals surface area (Å²) in [4.78, 5) is 12.0. The zero-order chi connectivity index (χ0) is 15.9. The van der Waals surface area contributed by atoms with Gasteiger partial charge in [0.2, 0.25) is 0 Å². The first-order valence-corrected chi connectivity index (χ1v) is 7.35. The minimum absolute atomic E-state index is 0.0330. The van der Waals surface area contributed by atoms with E-state index in [2.05, 4.69) is 0 Å². The summed E-state index contributed by atoms with van der Waals surface area (Å²) < 4.78 is 5.42. The number of phenols is 1. The number of aromatic hydroxyl groups is 1. The molecule has 0 aromatic heterocycles. The van der Waals surface area contributed by atoms with Gasteiger partial charge in [0.1, 0.15) is 11.5 Å². The van der Waals surface area contributed by atoms with Crippen LogP contribution in [-0.4, -0.2) is 22.6 Å². The van der Waals surface area contributed by atoms with Crippen LogP contribution >= 0.6 is 0 Å². The van der Waals surface area contributed by atoms with Crippen LogP contribution in [0.4, 0.5) is 0 Å². The summed E-state index contributed by atoms with van der Waals surface area (Å²) in [5, 5.41) is 19.6. The van der Waals surface area contributed by atoms with Crippen molar-refractivity contribution in [3.8, 4) is 5.75 Å². The number of carbonyl (C=O) groups excluding carboxylic acids is 1. The number of ether oxygens (including phenoxy) is 1. The van der Waals surface area contributed by atoms with Crippen LogP contribution in [0.5, 0.6) is 5.75 Å². The third kappa shape index (κ3) is 4.01. The largest absolute Gasteiger partial charge is 0.508 e. The molecule has 22 heavy (non-hydrogen) atoms. The van der Waals surface area contributed by atoms with Gasteiger partial charge in [-0.3, -0.25) is 4.79 Å². The smallest absolute Gasteiger partial charge is 0.189 e. The lowest BCUT2D eigenvalue weighted by Gasteiger charge is -2.16. The summed E-state index contributed by atoms with van der Waals surface area (Å²) in [7, 11) is 0. The number of benzene rings is 1. The van der Waals surface area contributed by atoms with Crippen LogP contribution in [0.1, 0.15) is 30.1 Å². The average molecular weight is 300 g/mol. The van der Waals surface area contributed by atoms with Gasteiger partial charge in [-0.05, 0) is 30.7 Å². The van der Waals surface area contributed by atoms with Crippen molar-refractivity contribution in [1.82, 2.24) is 0 Å². The van der Waals surface area contributed by atoms with Gasteiger partial charge in [-0.2, -0.15) is 0 Å². The molecule has 2 N–H and O–H groups in total. The van der Waals surface area contributed by atoms with Crippen molar-refractivity contribution in [3.05, 3.63) is 65.7 Å². The van der Waals surface area contributed by atoms with Crippen LogP contribution in [0.15, 0.2) is 60.1 Å². The van der Waals surface area contributed by atoms with Crippen LogP contribution in [0, 0.1) is 5.92 Å². The van der Waals surface area contributed by atoms with E-state index in [1.165, 1.54) is 12.1 Å². The molecule has 0 spiro atoms. The van der Waals surface area contributed by atoms with Gasteiger partial charge in [-0.1, -0.05) is 31.2 Å². The number of hydrogen-bond acceptors (Lipinski definition) is 4. The molecule has 4 heteroatoms. The Labute approximate surface area is 130 Å². The number of rotatable bonds is 6. The van der Waals surface area contributed by atoms with Crippen molar-refractivity contribution in [3.63, 3.8) is 0 Å². The van der Waals surface area contributed by atoms with Gasteiger partial charge < -0.3 is 14.9 Å². The molecule has 0 bridgehead atoms. The standard InChI is InChI=1S/C18H20O4/c1-2-11-22-18-10-8-13(12-17(18)21)7-9-16(20)14-5-3-4-6-15(14)19/h3-10,13,19,21H,2,11-12H2,1H3/b9-7+. The lowest BCUT2D eigenvalue weighted by atomic mass is 9.97. The van der Waals surface area contributed by atoms with Gasteiger partial charge in [0, 0.05) is 12.3 Å². The fourth-order valence-corrected chi connectivity index (χ4v) is 2.16. The second-order valence-corrected chi connectivity index (χ2v) is 5.13. The topological polar surface area (TPSA) is 66.8 Å². The maximum atomic E-state index is 12.0. The van der Waals surface area contributed by atoms with Crippen LogP contribution in [0.25, 0.3) is 0 Å². The van der Waals surface area contributed by atoms with Crippen LogP contribution in [0.3, 0.4) is 0 Å². The number of para-hydroxylation sites is 1. The van der Waals surface area contributed by atoms with E-state index in [-0.39, 0.29) is 28.8 Å². The Morgan fingerprint density at radius 2 is 2.14 bits per heavy atom. The molecule has 4 nitrogen and oxygen atoms in total. The Hall–Kier alpha value is -2.49. The van der Waals surface area contributed by atoms with Crippen molar-refractivity contribution in [1.29, 1.82) is 0 Å². The third-order valence-electron chi connectivity index (χ3n) is 3.33. The van der Waals surface area contributed by atoms with E-state index < -0.39 is 0 Å². The van der Waals surface area contributed by atoms with E-state index in [9.17, 15) is 15.0 Å². The van der Waals surface area contributed by atoms with E-state index in [4.69, 9.17) is 4.74 Å². The molecular formula is C18H20O4. The Balaban J connectivity index is 1.99. The lowest BCUT2D eigenvalue weighted by molar-refractivity contribution is 0.104. The summed E-state index contributed by atoms with van der Waals surface area (Å²) >= 11 is 0. The maximum absolute atomic E-state index is 12.0. The summed E-state index contributed by atoms with van der Waals surface area (Å²) in [6.45, 7) is 2.57. The number of carbonyl (C=O) groups is 1. The van der Waals surface area contributed by atoms with Crippen molar-refractivity contribution in [2.45, 2.75) is 19.8 Å². The summed E-state index contributed by atoms with van der Waals surface area (Å²) in [5.74, 6) is 0.334. The van der Waals surface area contributed by atoms with Crippen molar-refractivity contribution < 1.29 is 19.7 Å². The first kappa shape index (κ1) is 15.9. The molecule has 1 aliphatic carbocycles. The molecule has 1 atom stereocenters. The second-order valence-electron chi connectivity index (χ2n) is 5.13. The first-order chi connectivity index (χ1) is 10.6. The normalized spacial score (nSPS) is 18.0. The van der Waals surface area contributed by atoms with E-state index in [0.717, 1.165) is 6.42 Å². The summed E-state index contributed by atoms with van der Waals surface area (Å²) in [5.41, 5.74) is 0.269. The zero-order valence-corrected chi connectivity index (χ0v) is 12.5. The fraction of sp³-hybridized carbons (Fsp3) is 0.278. The van der Waals surface area contributed by atoms with Crippen LogP contribution in [-0.2, 0) is 4.74 Å². The van der Waals surface area contributed by atoms with Crippen LogP contribution in [0.2, 0.25) is 0 Å². The maximum Gasteiger partial charge on any atom is 0.189 e. The highest BCUT2D eigenvalue weighted by molar-refractivity contribution is 6.06. The molecule has 1 aromatic rings. The monoisotopic (exact) mass is 300 g/mol. The lowest BCUT2D eigenvalue weighted by Crippen LogP contribution is -2.06. The molecule has 0 saturated heterocycles. The Bertz CT molecular complexity index is 626. The molecule has 0 fully saturated rings. The summed E-state index contributed by atoms with van der Waals surface area (Å²) in [6.07, 6.45) is 8.05. The predicted molar refractivity (Wildman–Crippen MR) is 84.7 cm³/mol. The van der Waals surface area contributed by atoms with Gasteiger partial charge >= 0.3 is 0 Å². The molecule has 0 heterocycles. The van der Waals surface area contributed by atoms with Gasteiger partial charge in [0.15, 0.2) is 11.5 Å². The third-order valence-corrected chi connectivity index (χ3v) is 3.33. The van der Waals surface area contributed by atoms with Gasteiger partial charge in [0.05, 0.1) is 12.2 Å². The van der Waals surface area contributed by atoms with Gasteiger partial charge in [-0.25, -0.2) is 0 Å².